The van der Waals surface area contributed by atoms with Gasteiger partial charge in [-0.1, -0.05) is 254 Å². The average molecular weight is 1740 g/mol. The molecule has 0 aromatic heterocycles. The van der Waals surface area contributed by atoms with Crippen LogP contribution in [0.25, 0.3) is 0 Å². The van der Waals surface area contributed by atoms with Gasteiger partial charge < -0.3 is 27.9 Å². The number of ether oxygens (including phenoxy) is 3. The maximum atomic E-state index is 13.8. The van der Waals surface area contributed by atoms with Crippen LogP contribution in [0.2, 0.25) is 0 Å². The molecule has 0 aliphatic rings. The molecule has 0 aliphatic heterocycles. The number of benzene rings is 13. The summed E-state index contributed by atoms with van der Waals surface area (Å²) in [5.74, 6) is -8.10. The Morgan fingerprint density at radius 3 is 0.742 bits per heavy atom. The van der Waals surface area contributed by atoms with Crippen molar-refractivity contribution in [1.29, 1.82) is 0 Å². The van der Waals surface area contributed by atoms with Gasteiger partial charge in [0.2, 0.25) is 11.6 Å². The lowest BCUT2D eigenvalue weighted by Crippen LogP contribution is -2.12. The molecule has 13 rings (SSSR count). The summed E-state index contributed by atoms with van der Waals surface area (Å²) in [6.07, 6.45) is 4.23. The van der Waals surface area contributed by atoms with Crippen molar-refractivity contribution >= 4 is 63.0 Å². The van der Waals surface area contributed by atoms with Crippen molar-refractivity contribution in [2.75, 3.05) is 24.7 Å². The summed E-state index contributed by atoms with van der Waals surface area (Å²) in [6, 6.07) is 119. The zero-order valence-electron chi connectivity index (χ0n) is 67.8. The lowest BCUT2D eigenvalue weighted by atomic mass is 9.98. The first-order valence-corrected chi connectivity index (χ1v) is 47.5. The van der Waals surface area contributed by atoms with Crippen molar-refractivity contribution in [3.63, 3.8) is 0 Å². The number of hydrogen-bond acceptors (Lipinski definition) is 12. The molecular formula is C98H100F4O12S6. The van der Waals surface area contributed by atoms with Crippen LogP contribution in [0.4, 0.5) is 17.6 Å². The van der Waals surface area contributed by atoms with Crippen LogP contribution in [0.15, 0.2) is 395 Å². The van der Waals surface area contributed by atoms with Gasteiger partial charge in [0.15, 0.2) is 61.4 Å². The second kappa shape index (κ2) is 49.5. The van der Waals surface area contributed by atoms with E-state index in [0.717, 1.165) is 30.6 Å². The second-order valence-electron chi connectivity index (χ2n) is 27.5. The highest BCUT2D eigenvalue weighted by Crippen LogP contribution is 2.36. The van der Waals surface area contributed by atoms with E-state index in [4.69, 9.17) is 14.2 Å². The molecule has 3 atom stereocenters. The van der Waals surface area contributed by atoms with Crippen molar-refractivity contribution in [2.45, 2.75) is 153 Å². The van der Waals surface area contributed by atoms with Crippen molar-refractivity contribution in [2.24, 2.45) is 0 Å². The summed E-state index contributed by atoms with van der Waals surface area (Å²) in [6.45, 7) is 12.9. The fourth-order valence-corrected chi connectivity index (χ4v) is 19.7. The third-order valence-electron chi connectivity index (χ3n) is 18.8. The molecule has 628 valence electrons. The molecule has 0 aliphatic carbocycles. The average Bonchev–Trinajstić information content (AvgIpc) is 0.767. The SMILES string of the molecule is CCC(C)c1ccc(COc2c(F)c(F)c(S(=O)(=O)[O-])c(F)c2F)cc1.CCC(C)c1ccc(OCCCCS(=O)(=O)[O-])cc1.CCC(C)c1ccc(OCCCS(=O)(=O)[O-])cc1.c1ccc([S+](c2ccccc2)c2ccccc2)cc1.c1ccc([S+](c2ccccc2)c2ccccc2)cc1.c1ccc([S+](c2ccccc2)c2ccccc2)cc1. The Labute approximate surface area is 715 Å². The van der Waals surface area contributed by atoms with Gasteiger partial charge >= 0.3 is 0 Å². The number of rotatable bonds is 30. The lowest BCUT2D eigenvalue weighted by molar-refractivity contribution is 0.256. The summed E-state index contributed by atoms with van der Waals surface area (Å²) >= 11 is 0. The standard InChI is InChI=1S/3C18H15S.C17H16F4O4S.C14H22O4S.C13H20O4S/c3*1-4-10-16(11-5-1)19(17-12-6-2-7-13-17)18-14-8-3-9-15-18;1-3-9(2)11-6-4-10(5-7-11)8-25-16-12(18)14(20)17(26(22,23)24)15(21)13(16)19;1-3-12(2)13-6-8-14(9-7-13)18-10-4-5-11-19(15,16)17;1-3-11(2)12-5-7-13(8-6-12)17-9-4-10-18(14,15)16/h3*1-15H;4-7,9H,3,8H2,1-2H3,(H,22,23,24);6-9,12H,3-5,10-11H2,1-2H3,(H,15,16,17);5-8,11H,3-4,9-10H2,1-2H3,(H,14,15,16)/q3*+1;;;/p-3. The summed E-state index contributed by atoms with van der Waals surface area (Å²) in [7, 11) is -14.0. The van der Waals surface area contributed by atoms with E-state index in [9.17, 15) is 56.5 Å². The normalized spacial score (nSPS) is 11.9. The molecule has 22 heteroatoms. The van der Waals surface area contributed by atoms with E-state index in [2.05, 4.69) is 301 Å². The molecule has 3 unspecified atom stereocenters. The minimum absolute atomic E-state index is 0.0146. The molecule has 12 nitrogen and oxygen atoms in total. The number of hydrogen-bond donors (Lipinski definition) is 0. The monoisotopic (exact) mass is 1740 g/mol. The molecule has 0 radical (unpaired) electrons. The summed E-state index contributed by atoms with van der Waals surface area (Å²) in [5.41, 5.74) is 4.05. The van der Waals surface area contributed by atoms with Crippen LogP contribution in [0.3, 0.4) is 0 Å². The topological polar surface area (TPSA) is 199 Å². The third kappa shape index (κ3) is 31.4. The van der Waals surface area contributed by atoms with Gasteiger partial charge in [-0.2, -0.15) is 8.78 Å². The van der Waals surface area contributed by atoms with E-state index in [1.165, 1.54) is 55.2 Å². The van der Waals surface area contributed by atoms with Gasteiger partial charge in [-0.05, 0) is 212 Å². The zero-order valence-corrected chi connectivity index (χ0v) is 72.7. The van der Waals surface area contributed by atoms with Crippen LogP contribution in [-0.2, 0) is 69.6 Å². The van der Waals surface area contributed by atoms with Gasteiger partial charge in [-0.3, -0.25) is 0 Å². The fraction of sp³-hybridized carbons (Fsp3) is 0.204. The van der Waals surface area contributed by atoms with Crippen molar-refractivity contribution in [3.8, 4) is 17.2 Å². The molecule has 0 amide bonds. The quantitative estimate of drug-likeness (QED) is 0.0136. The van der Waals surface area contributed by atoms with E-state index in [-0.39, 0.29) is 57.2 Å². The van der Waals surface area contributed by atoms with Crippen molar-refractivity contribution < 1.29 is 70.7 Å². The van der Waals surface area contributed by atoms with Gasteiger partial charge in [0.25, 0.3) is 0 Å². The highest BCUT2D eigenvalue weighted by molar-refractivity contribution is 7.97. The van der Waals surface area contributed by atoms with Crippen molar-refractivity contribution in [1.82, 2.24) is 0 Å². The van der Waals surface area contributed by atoms with E-state index < -0.39 is 70.9 Å². The second-order valence-corrected chi connectivity index (χ2v) is 37.9. The maximum absolute atomic E-state index is 13.8. The minimum Gasteiger partial charge on any atom is -0.748 e. The fourth-order valence-electron chi connectivity index (χ4n) is 11.8. The molecule has 13 aromatic carbocycles. The molecule has 0 saturated heterocycles. The van der Waals surface area contributed by atoms with Crippen LogP contribution >= 0.6 is 0 Å². The molecule has 0 saturated carbocycles. The molecule has 120 heavy (non-hydrogen) atoms. The third-order valence-corrected chi connectivity index (χ3v) is 27.9. The largest absolute Gasteiger partial charge is 0.748 e. The van der Waals surface area contributed by atoms with E-state index in [0.29, 0.717) is 48.5 Å². The summed E-state index contributed by atoms with van der Waals surface area (Å²) in [4.78, 5) is 10.0. The Hall–Kier alpha value is -10.2. The van der Waals surface area contributed by atoms with Gasteiger partial charge in [0.1, 0.15) is 33.1 Å². The Kier molecular flexibility index (Phi) is 39.3. The van der Waals surface area contributed by atoms with Gasteiger partial charge in [-0.25, -0.2) is 34.0 Å². The smallest absolute Gasteiger partial charge is 0.205 e. The highest BCUT2D eigenvalue weighted by Gasteiger charge is 2.32. The number of unbranched alkanes of at least 4 members (excludes halogenated alkanes) is 1. The minimum atomic E-state index is -5.74. The first-order chi connectivity index (χ1) is 57.8. The molecule has 13 aromatic rings. The molecule has 0 bridgehead atoms. The molecule has 0 heterocycles. The van der Waals surface area contributed by atoms with Crippen LogP contribution in [0.5, 0.6) is 17.2 Å². The van der Waals surface area contributed by atoms with Crippen LogP contribution in [-0.4, -0.2) is 63.6 Å². The first-order valence-electron chi connectivity index (χ1n) is 39.3. The van der Waals surface area contributed by atoms with Crippen molar-refractivity contribution in [3.05, 3.63) is 391 Å². The van der Waals surface area contributed by atoms with E-state index >= 15 is 0 Å². The zero-order chi connectivity index (χ0) is 86.3. The highest BCUT2D eigenvalue weighted by atomic mass is 32.2. The summed E-state index contributed by atoms with van der Waals surface area (Å²) in [5, 5.41) is 0. The first kappa shape index (κ1) is 95.2. The molecule has 0 fully saturated rings. The predicted octanol–water partition coefficient (Wildman–Crippen LogP) is 24.0. The lowest BCUT2D eigenvalue weighted by Gasteiger charge is -2.15. The maximum Gasteiger partial charge on any atom is 0.205 e. The van der Waals surface area contributed by atoms with Gasteiger partial charge in [0, 0.05) is 11.5 Å². The van der Waals surface area contributed by atoms with Gasteiger partial charge in [0.05, 0.1) is 66.1 Å². The molecule has 0 spiro atoms. The molecule has 0 N–H and O–H groups in total. The molecular weight excluding hydrogens is 1640 g/mol. The number of halogens is 4. The Balaban J connectivity index is 0.000000180. The van der Waals surface area contributed by atoms with Crippen LogP contribution < -0.4 is 14.2 Å². The predicted molar refractivity (Wildman–Crippen MR) is 472 cm³/mol. The summed E-state index contributed by atoms with van der Waals surface area (Å²) < 4.78 is 165. The Morgan fingerprint density at radius 1 is 0.292 bits per heavy atom. The van der Waals surface area contributed by atoms with E-state index in [1.807, 2.05) is 62.4 Å². The van der Waals surface area contributed by atoms with Crippen LogP contribution in [0, 0.1) is 23.3 Å². The van der Waals surface area contributed by atoms with E-state index in [1.54, 1.807) is 24.3 Å². The van der Waals surface area contributed by atoms with Gasteiger partial charge in [-0.15, -0.1) is 0 Å². The van der Waals surface area contributed by atoms with Crippen LogP contribution in [0.1, 0.15) is 120 Å². The Bertz CT molecular complexity index is 4870. The Morgan fingerprint density at radius 2 is 0.517 bits per heavy atom.